The van der Waals surface area contributed by atoms with Crippen molar-refractivity contribution in [1.29, 1.82) is 0 Å². The first-order chi connectivity index (χ1) is 15.6. The van der Waals surface area contributed by atoms with Crippen molar-refractivity contribution >= 4 is 34.1 Å². The Bertz CT molecular complexity index is 798. The van der Waals surface area contributed by atoms with Crippen LogP contribution < -0.4 is 8.32 Å². The fourth-order valence-electron chi connectivity index (χ4n) is 4.30. The second-order valence-electron chi connectivity index (χ2n) is 8.71. The zero-order valence-electron chi connectivity index (χ0n) is 20.1. The summed E-state index contributed by atoms with van der Waals surface area (Å²) in [7, 11) is 0. The fourth-order valence-corrected chi connectivity index (χ4v) is 20.6. The van der Waals surface area contributed by atoms with Crippen molar-refractivity contribution in [3.63, 3.8) is 0 Å². The molecule has 1 heterocycles. The predicted molar refractivity (Wildman–Crippen MR) is 138 cm³/mol. The monoisotopic (exact) mass is 547 g/mol. The molecule has 0 bridgehead atoms. The second-order valence-corrected chi connectivity index (χ2v) is 21.8. The third-order valence-corrected chi connectivity index (χ3v) is 21.7. The molecule has 1 aromatic heterocycles. The van der Waals surface area contributed by atoms with Crippen molar-refractivity contribution < 1.29 is 14.9 Å². The summed E-state index contributed by atoms with van der Waals surface area (Å²) in [6.07, 6.45) is 13.5. The first kappa shape index (κ1) is 26.7. The molecule has 5 heteroatoms. The number of nitrogens with zero attached hydrogens (tertiary/aromatic N) is 1. The van der Waals surface area contributed by atoms with Gasteiger partial charge in [0.2, 0.25) is 0 Å². The van der Waals surface area contributed by atoms with E-state index in [1.165, 1.54) is 55.4 Å². The molecule has 0 aliphatic heterocycles. The molecule has 0 fully saturated rings. The van der Waals surface area contributed by atoms with Crippen molar-refractivity contribution in [2.75, 3.05) is 13.2 Å². The van der Waals surface area contributed by atoms with E-state index in [2.05, 4.69) is 39.0 Å². The molecule has 0 unspecified atom stereocenters. The van der Waals surface area contributed by atoms with Crippen molar-refractivity contribution in [3.05, 3.63) is 47.7 Å². The Morgan fingerprint density at radius 1 is 0.875 bits per heavy atom. The number of pyridine rings is 1. The van der Waals surface area contributed by atoms with Crippen LogP contribution in [0.1, 0.15) is 70.4 Å². The van der Waals surface area contributed by atoms with Crippen LogP contribution in [-0.2, 0) is 0 Å². The van der Waals surface area contributed by atoms with Gasteiger partial charge in [-0.1, -0.05) is 0 Å². The zero-order valence-corrected chi connectivity index (χ0v) is 23.0. The van der Waals surface area contributed by atoms with E-state index in [4.69, 9.17) is 9.72 Å². The van der Waals surface area contributed by atoms with E-state index in [0.29, 0.717) is 6.61 Å². The van der Waals surface area contributed by atoms with E-state index >= 15 is 0 Å². The van der Waals surface area contributed by atoms with E-state index in [9.17, 15) is 10.2 Å². The molecule has 2 N–H and O–H groups in total. The van der Waals surface area contributed by atoms with Gasteiger partial charge in [0.1, 0.15) is 0 Å². The zero-order chi connectivity index (χ0) is 23.2. The topological polar surface area (TPSA) is 62.6 Å². The van der Waals surface area contributed by atoms with Crippen LogP contribution in [0.3, 0.4) is 0 Å². The Hall–Kier alpha value is -1.53. The number of aliphatic hydroxyl groups excluding tert-OH is 1. The summed E-state index contributed by atoms with van der Waals surface area (Å²) in [6, 6.07) is 9.57. The van der Waals surface area contributed by atoms with Crippen LogP contribution in [-0.4, -0.2) is 46.8 Å². The minimum atomic E-state index is -2.76. The Morgan fingerprint density at radius 3 is 1.97 bits per heavy atom. The van der Waals surface area contributed by atoms with E-state index in [-0.39, 0.29) is 12.4 Å². The van der Waals surface area contributed by atoms with Crippen molar-refractivity contribution in [3.8, 4) is 11.6 Å². The molecule has 0 aliphatic rings. The van der Waals surface area contributed by atoms with Gasteiger partial charge >= 0.3 is 199 Å². The summed E-state index contributed by atoms with van der Waals surface area (Å²) in [5, 5.41) is 18.9. The number of aromatic nitrogens is 1. The molecule has 2 rings (SSSR count). The summed E-state index contributed by atoms with van der Waals surface area (Å²) in [5.74, 6) is 1.04. The molecule has 0 spiro atoms. The maximum atomic E-state index is 9.52. The summed E-state index contributed by atoms with van der Waals surface area (Å²) in [6.45, 7) is 7.16. The molecule has 0 saturated heterocycles. The van der Waals surface area contributed by atoms with Gasteiger partial charge in [0.15, 0.2) is 0 Å². The molecule has 0 saturated carbocycles. The van der Waals surface area contributed by atoms with Crippen LogP contribution in [0.5, 0.6) is 11.6 Å². The van der Waals surface area contributed by atoms with Gasteiger partial charge in [-0.15, -0.1) is 0 Å². The molecule has 2 aromatic rings. The molecule has 1 aromatic carbocycles. The van der Waals surface area contributed by atoms with E-state index in [1.807, 2.05) is 18.3 Å². The predicted octanol–water partition coefficient (Wildman–Crippen LogP) is 6.38. The Morgan fingerprint density at radius 2 is 1.44 bits per heavy atom. The number of rotatable bonds is 15. The van der Waals surface area contributed by atoms with E-state index < -0.39 is 18.4 Å². The van der Waals surface area contributed by atoms with Gasteiger partial charge in [-0.2, -0.15) is 0 Å². The van der Waals surface area contributed by atoms with Crippen LogP contribution in [0.4, 0.5) is 0 Å². The quantitative estimate of drug-likeness (QED) is 0.255. The molecule has 0 aliphatic carbocycles. The van der Waals surface area contributed by atoms with Gasteiger partial charge in [0.25, 0.3) is 0 Å². The third-order valence-electron chi connectivity index (χ3n) is 6.16. The van der Waals surface area contributed by atoms with Crippen LogP contribution in [0.25, 0.3) is 12.2 Å². The fraction of sp³-hybridized carbons (Fsp3) is 0.519. The Balaban J connectivity index is 2.50. The number of hydrogen-bond acceptors (Lipinski definition) is 4. The summed E-state index contributed by atoms with van der Waals surface area (Å²) >= 11 is -2.76. The standard InChI is InChI=1S/C15H14NO3.3C4H9.Sn/c17-9-10-19-15-8-5-13(11-16-15)2-1-12-3-6-14(18)7-4-12;3*1-3-4-2;/h1-7,11,17-18H,9-10H2;3*1,3-4H2,2H3;/b2-1+;;;;. The molecule has 4 nitrogen and oxygen atoms in total. The maximum absolute atomic E-state index is 9.52. The van der Waals surface area contributed by atoms with Gasteiger partial charge in [0, 0.05) is 0 Å². The van der Waals surface area contributed by atoms with Gasteiger partial charge in [0.05, 0.1) is 0 Å². The number of ether oxygens (including phenoxy) is 1. The molecular weight excluding hydrogens is 505 g/mol. The minimum absolute atomic E-state index is 0.00499. The van der Waals surface area contributed by atoms with Crippen LogP contribution in [0.2, 0.25) is 13.3 Å². The molecular formula is C27H41NO3Sn. The van der Waals surface area contributed by atoms with Gasteiger partial charge in [-0.25, -0.2) is 0 Å². The third kappa shape index (κ3) is 8.11. The first-order valence-electron chi connectivity index (χ1n) is 12.3. The van der Waals surface area contributed by atoms with Crippen molar-refractivity contribution in [2.45, 2.75) is 72.6 Å². The van der Waals surface area contributed by atoms with E-state index in [1.54, 1.807) is 12.1 Å². The molecule has 0 amide bonds. The van der Waals surface area contributed by atoms with Crippen LogP contribution in [0.15, 0.2) is 36.5 Å². The Kier molecular flexibility index (Phi) is 12.2. The van der Waals surface area contributed by atoms with Crippen LogP contribution >= 0.6 is 0 Å². The molecule has 32 heavy (non-hydrogen) atoms. The number of phenolic OH excluding ortho intramolecular Hbond substituents is 1. The molecule has 0 radical (unpaired) electrons. The van der Waals surface area contributed by atoms with E-state index in [0.717, 1.165) is 17.0 Å². The number of aromatic hydroxyl groups is 1. The average molecular weight is 546 g/mol. The SMILES string of the molecule is CCC[CH2][Sn]([CH2]CCC)([CH2]CCC)[c]1cc(/C=C/c2ccc(O)cc2)cnc1OCCO. The summed E-state index contributed by atoms with van der Waals surface area (Å²) in [5.41, 5.74) is 2.14. The van der Waals surface area contributed by atoms with Crippen LogP contribution in [0, 0.1) is 0 Å². The number of benzene rings is 1. The number of hydrogen-bond donors (Lipinski definition) is 2. The summed E-state index contributed by atoms with van der Waals surface area (Å²) < 4.78 is 11.4. The number of unbranched alkanes of at least 4 members (excludes halogenated alkanes) is 3. The molecule has 0 atom stereocenters. The normalized spacial score (nSPS) is 11.9. The number of aliphatic hydroxyl groups is 1. The van der Waals surface area contributed by atoms with Crippen molar-refractivity contribution in [1.82, 2.24) is 4.98 Å². The first-order valence-corrected chi connectivity index (χ1v) is 19.8. The van der Waals surface area contributed by atoms with Gasteiger partial charge in [-0.05, 0) is 0 Å². The van der Waals surface area contributed by atoms with Gasteiger partial charge in [-0.3, -0.25) is 0 Å². The van der Waals surface area contributed by atoms with Gasteiger partial charge < -0.3 is 0 Å². The average Bonchev–Trinajstić information content (AvgIpc) is 2.82. The summed E-state index contributed by atoms with van der Waals surface area (Å²) in [4.78, 5) is 4.76. The number of phenols is 1. The molecule has 176 valence electrons. The van der Waals surface area contributed by atoms with Crippen molar-refractivity contribution in [2.24, 2.45) is 0 Å². The Labute approximate surface area is 198 Å². The second kappa shape index (κ2) is 14.6.